The Balaban J connectivity index is 1.80. The molecule has 2 N–H and O–H groups in total. The quantitative estimate of drug-likeness (QED) is 0.449. The summed E-state index contributed by atoms with van der Waals surface area (Å²) in [7, 11) is 0. The van der Waals surface area contributed by atoms with Gasteiger partial charge in [0.1, 0.15) is 6.10 Å². The lowest BCUT2D eigenvalue weighted by atomic mass is 9.81. The van der Waals surface area contributed by atoms with E-state index in [-0.39, 0.29) is 36.2 Å². The van der Waals surface area contributed by atoms with E-state index in [0.717, 1.165) is 18.4 Å². The maximum atomic E-state index is 11.6. The van der Waals surface area contributed by atoms with Crippen LogP contribution in [0.4, 0.5) is 0 Å². The van der Waals surface area contributed by atoms with Crippen LogP contribution in [0.15, 0.2) is 60.7 Å². The van der Waals surface area contributed by atoms with Gasteiger partial charge in [0.2, 0.25) is 0 Å². The van der Waals surface area contributed by atoms with Crippen molar-refractivity contribution in [2.75, 3.05) is 0 Å². The highest BCUT2D eigenvalue weighted by Gasteiger charge is 2.32. The molecule has 1 aliphatic heterocycles. The highest BCUT2D eigenvalue weighted by atomic mass is 16.5. The highest BCUT2D eigenvalue weighted by molar-refractivity contribution is 5.83. The Labute approximate surface area is 174 Å². The summed E-state index contributed by atoms with van der Waals surface area (Å²) in [6.07, 6.45) is 11.2. The number of benzene rings is 1. The van der Waals surface area contributed by atoms with Crippen molar-refractivity contribution in [3.8, 4) is 0 Å². The Morgan fingerprint density at radius 2 is 1.83 bits per heavy atom. The molecule has 0 fully saturated rings. The van der Waals surface area contributed by atoms with Crippen LogP contribution in [-0.4, -0.2) is 34.5 Å². The molecule has 0 amide bonds. The van der Waals surface area contributed by atoms with E-state index in [9.17, 15) is 15.0 Å². The third-order valence-corrected chi connectivity index (χ3v) is 5.60. The van der Waals surface area contributed by atoms with E-state index < -0.39 is 12.2 Å². The minimum Gasteiger partial charge on any atom is -0.458 e. The van der Waals surface area contributed by atoms with Crippen LogP contribution < -0.4 is 0 Å². The molecule has 0 aromatic heterocycles. The number of carbonyl (C=O) groups is 1. The molecule has 0 radical (unpaired) electrons. The van der Waals surface area contributed by atoms with Crippen LogP contribution in [0.5, 0.6) is 0 Å². The van der Waals surface area contributed by atoms with Crippen LogP contribution in [0.1, 0.15) is 45.6 Å². The van der Waals surface area contributed by atoms with E-state index in [0.29, 0.717) is 0 Å². The van der Waals surface area contributed by atoms with Gasteiger partial charge in [0, 0.05) is 18.4 Å². The molecule has 158 valence electrons. The van der Waals surface area contributed by atoms with E-state index in [1.807, 2.05) is 55.5 Å². The van der Waals surface area contributed by atoms with E-state index in [4.69, 9.17) is 4.74 Å². The van der Waals surface area contributed by atoms with Gasteiger partial charge in [-0.3, -0.25) is 0 Å². The predicted octanol–water partition coefficient (Wildman–Crippen LogP) is 4.54. The number of cyclic esters (lactones) is 1. The zero-order chi connectivity index (χ0) is 21.2. The zero-order valence-electron chi connectivity index (χ0n) is 17.6. The summed E-state index contributed by atoms with van der Waals surface area (Å²) in [5.41, 5.74) is 1.10. The van der Waals surface area contributed by atoms with E-state index in [1.54, 1.807) is 12.2 Å². The Kier molecular flexibility index (Phi) is 9.36. The number of rotatable bonds is 10. The monoisotopic (exact) mass is 398 g/mol. The number of aliphatic hydroxyl groups is 2. The molecule has 4 heteroatoms. The summed E-state index contributed by atoms with van der Waals surface area (Å²) in [5.74, 6) is 0.0656. The summed E-state index contributed by atoms with van der Waals surface area (Å²) in [6, 6.07) is 9.94. The molecule has 0 unspecified atom stereocenters. The minimum atomic E-state index is -0.706. The largest absolute Gasteiger partial charge is 0.458 e. The molecule has 29 heavy (non-hydrogen) atoms. The van der Waals surface area contributed by atoms with Crippen molar-refractivity contribution in [2.45, 2.75) is 58.3 Å². The van der Waals surface area contributed by atoms with Gasteiger partial charge in [-0.15, -0.1) is 0 Å². The number of esters is 1. The Morgan fingerprint density at radius 1 is 1.10 bits per heavy atom. The second-order valence-corrected chi connectivity index (χ2v) is 8.05. The number of allylic oxidation sites excluding steroid dienone is 2. The second-order valence-electron chi connectivity index (χ2n) is 8.05. The average Bonchev–Trinajstić information content (AvgIpc) is 2.71. The lowest BCUT2D eigenvalue weighted by Crippen LogP contribution is -2.36. The molecule has 6 atom stereocenters. The number of carbonyl (C=O) groups excluding carboxylic acids is 1. The first-order chi connectivity index (χ1) is 13.9. The fourth-order valence-corrected chi connectivity index (χ4v) is 3.84. The number of hydrogen-bond acceptors (Lipinski definition) is 4. The summed E-state index contributed by atoms with van der Waals surface area (Å²) < 4.78 is 5.54. The first kappa shape index (κ1) is 23.1. The van der Waals surface area contributed by atoms with Gasteiger partial charge in [-0.1, -0.05) is 81.5 Å². The van der Waals surface area contributed by atoms with Gasteiger partial charge in [-0.25, -0.2) is 4.79 Å². The lowest BCUT2D eigenvalue weighted by molar-refractivity contribution is -0.150. The van der Waals surface area contributed by atoms with Crippen LogP contribution >= 0.6 is 0 Å². The average molecular weight is 399 g/mol. The molecule has 0 aliphatic carbocycles. The van der Waals surface area contributed by atoms with Crippen molar-refractivity contribution in [3.05, 3.63) is 66.3 Å². The van der Waals surface area contributed by atoms with Gasteiger partial charge in [-0.05, 0) is 30.2 Å². The molecule has 1 heterocycles. The van der Waals surface area contributed by atoms with Crippen molar-refractivity contribution in [3.63, 3.8) is 0 Å². The van der Waals surface area contributed by atoms with Gasteiger partial charge in [0.25, 0.3) is 0 Å². The van der Waals surface area contributed by atoms with Gasteiger partial charge >= 0.3 is 5.97 Å². The molecule has 1 aromatic rings. The zero-order valence-corrected chi connectivity index (χ0v) is 17.6. The van der Waals surface area contributed by atoms with Crippen LogP contribution in [0.3, 0.4) is 0 Å². The topological polar surface area (TPSA) is 66.8 Å². The second kappa shape index (κ2) is 11.7. The molecule has 4 nitrogen and oxygen atoms in total. The standard InChI is InChI=1S/C25H34O4/c1-4-21-14-15-24(28)29-25(21)19(3)16-18(2)23(27)17-22(26)13-9-8-12-20-10-6-5-7-11-20/h5-15,18-19,21-23,25-27H,4,16-17H2,1-3H3/b12-8+,13-9+/t18-,19-,21-,22-,23+,25-/m1/s1. The predicted molar refractivity (Wildman–Crippen MR) is 117 cm³/mol. The third kappa shape index (κ3) is 7.64. The van der Waals surface area contributed by atoms with Gasteiger partial charge in [0.05, 0.1) is 12.2 Å². The molecular weight excluding hydrogens is 364 g/mol. The first-order valence-corrected chi connectivity index (χ1v) is 10.6. The molecule has 2 rings (SSSR count). The smallest absolute Gasteiger partial charge is 0.330 e. The summed E-state index contributed by atoms with van der Waals surface area (Å²) >= 11 is 0. The molecule has 0 saturated carbocycles. The minimum absolute atomic E-state index is 0.00461. The maximum absolute atomic E-state index is 11.6. The van der Waals surface area contributed by atoms with Crippen molar-refractivity contribution < 1.29 is 19.7 Å². The summed E-state index contributed by atoms with van der Waals surface area (Å²) in [4.78, 5) is 11.6. The first-order valence-electron chi connectivity index (χ1n) is 10.6. The van der Waals surface area contributed by atoms with Gasteiger partial charge in [0.15, 0.2) is 0 Å². The Bertz CT molecular complexity index is 707. The molecule has 1 aromatic carbocycles. The van der Waals surface area contributed by atoms with E-state index in [1.165, 1.54) is 6.08 Å². The molecule has 1 aliphatic rings. The van der Waals surface area contributed by atoms with Crippen molar-refractivity contribution in [1.82, 2.24) is 0 Å². The SMILES string of the molecule is CC[C@@H]1C=CC(=O)O[C@@H]1[C@H](C)C[C@@H](C)[C@@H](O)C[C@H](O)/C=C/C=C/c1ccccc1. The van der Waals surface area contributed by atoms with Crippen LogP contribution in [-0.2, 0) is 9.53 Å². The van der Waals surface area contributed by atoms with Crippen molar-refractivity contribution >= 4 is 12.0 Å². The van der Waals surface area contributed by atoms with Crippen LogP contribution in [0, 0.1) is 17.8 Å². The van der Waals surface area contributed by atoms with E-state index in [2.05, 4.69) is 13.8 Å². The van der Waals surface area contributed by atoms with E-state index >= 15 is 0 Å². The third-order valence-electron chi connectivity index (χ3n) is 5.60. The number of ether oxygens (including phenoxy) is 1. The number of aliphatic hydroxyl groups excluding tert-OH is 2. The molecule has 0 bridgehead atoms. The maximum Gasteiger partial charge on any atom is 0.330 e. The van der Waals surface area contributed by atoms with Crippen LogP contribution in [0.25, 0.3) is 6.08 Å². The Hall–Kier alpha value is -2.17. The fourth-order valence-electron chi connectivity index (χ4n) is 3.84. The van der Waals surface area contributed by atoms with Crippen molar-refractivity contribution in [1.29, 1.82) is 0 Å². The molecular formula is C25H34O4. The highest BCUT2D eigenvalue weighted by Crippen LogP contribution is 2.30. The normalized spacial score (nSPS) is 23.8. The van der Waals surface area contributed by atoms with Crippen LogP contribution in [0.2, 0.25) is 0 Å². The fraction of sp³-hybridized carbons (Fsp3) is 0.480. The molecule has 0 spiro atoms. The van der Waals surface area contributed by atoms with Gasteiger partial charge < -0.3 is 14.9 Å². The lowest BCUT2D eigenvalue weighted by Gasteiger charge is -2.33. The molecule has 0 saturated heterocycles. The Morgan fingerprint density at radius 3 is 2.52 bits per heavy atom. The van der Waals surface area contributed by atoms with Gasteiger partial charge in [-0.2, -0.15) is 0 Å². The van der Waals surface area contributed by atoms with Crippen molar-refractivity contribution in [2.24, 2.45) is 17.8 Å². The number of hydrogen-bond donors (Lipinski definition) is 2. The summed E-state index contributed by atoms with van der Waals surface area (Å²) in [6.45, 7) is 6.13. The summed E-state index contributed by atoms with van der Waals surface area (Å²) in [5, 5.41) is 20.7.